The Kier molecular flexibility index (Phi) is 3.68. The van der Waals surface area contributed by atoms with E-state index in [0.29, 0.717) is 13.1 Å². The number of carbonyl (C=O) groups excluding carboxylic acids is 2. The number of hydrogen-bond acceptors (Lipinski definition) is 4. The van der Waals surface area contributed by atoms with Crippen molar-refractivity contribution in [1.29, 1.82) is 0 Å². The number of hydrogen-bond donors (Lipinski definition) is 0. The number of carbonyl (C=O) groups is 2. The lowest BCUT2D eigenvalue weighted by atomic mass is 9.84. The quantitative estimate of drug-likeness (QED) is 0.491. The van der Waals surface area contributed by atoms with Gasteiger partial charge in [-0.3, -0.25) is 9.59 Å². The van der Waals surface area contributed by atoms with Crippen LogP contribution in [0.15, 0.2) is 0 Å². The summed E-state index contributed by atoms with van der Waals surface area (Å²) in [7, 11) is 1.29. The molecule has 0 unspecified atom stereocenters. The van der Waals surface area contributed by atoms with Gasteiger partial charge in [0.15, 0.2) is 5.41 Å². The first-order chi connectivity index (χ1) is 7.12. The van der Waals surface area contributed by atoms with E-state index in [2.05, 4.69) is 4.74 Å². The van der Waals surface area contributed by atoms with E-state index >= 15 is 0 Å². The van der Waals surface area contributed by atoms with Crippen LogP contribution in [0, 0.1) is 5.41 Å². The maximum atomic E-state index is 12.1. The Labute approximate surface area is 89.3 Å². The van der Waals surface area contributed by atoms with Gasteiger partial charge in [-0.05, 0) is 13.8 Å². The second kappa shape index (κ2) is 4.61. The molecule has 0 saturated carbocycles. The molecular formula is C10H17NO4. The van der Waals surface area contributed by atoms with Gasteiger partial charge in [0.25, 0.3) is 0 Å². The average Bonchev–Trinajstić information content (AvgIpc) is 2.17. The van der Waals surface area contributed by atoms with E-state index in [-0.39, 0.29) is 19.1 Å². The normalized spacial score (nSPS) is 17.8. The van der Waals surface area contributed by atoms with Crippen molar-refractivity contribution in [2.45, 2.75) is 13.8 Å². The summed E-state index contributed by atoms with van der Waals surface area (Å²) in [6, 6.07) is 0. The smallest absolute Gasteiger partial charge is 0.326 e. The second-order valence-electron chi connectivity index (χ2n) is 3.54. The van der Waals surface area contributed by atoms with Gasteiger partial charge in [-0.2, -0.15) is 0 Å². The highest BCUT2D eigenvalue weighted by Gasteiger charge is 2.55. The summed E-state index contributed by atoms with van der Waals surface area (Å²) in [5.74, 6) is -0.684. The lowest BCUT2D eigenvalue weighted by molar-refractivity contribution is -0.193. The van der Waals surface area contributed by atoms with Gasteiger partial charge in [-0.15, -0.1) is 0 Å². The zero-order chi connectivity index (χ0) is 11.5. The van der Waals surface area contributed by atoms with Crippen LogP contribution < -0.4 is 0 Å². The van der Waals surface area contributed by atoms with E-state index in [1.165, 1.54) is 7.11 Å². The van der Waals surface area contributed by atoms with Crippen LogP contribution in [-0.2, 0) is 19.1 Å². The SMILES string of the molecule is CCN(CC)C(=O)C1(C(=O)OC)COC1. The van der Waals surface area contributed by atoms with Crippen LogP contribution in [-0.4, -0.2) is 50.2 Å². The summed E-state index contributed by atoms with van der Waals surface area (Å²) < 4.78 is 9.62. The molecule has 0 atom stereocenters. The molecule has 0 spiro atoms. The molecule has 0 N–H and O–H groups in total. The number of esters is 1. The minimum absolute atomic E-state index is 0.134. The summed E-state index contributed by atoms with van der Waals surface area (Å²) in [5, 5.41) is 0. The Morgan fingerprint density at radius 3 is 2.13 bits per heavy atom. The Morgan fingerprint density at radius 2 is 1.87 bits per heavy atom. The highest BCUT2D eigenvalue weighted by atomic mass is 16.5. The second-order valence-corrected chi connectivity index (χ2v) is 3.54. The highest BCUT2D eigenvalue weighted by molar-refractivity contribution is 6.03. The number of amides is 1. The van der Waals surface area contributed by atoms with E-state index in [4.69, 9.17) is 4.74 Å². The van der Waals surface area contributed by atoms with Gasteiger partial charge in [0.2, 0.25) is 5.91 Å². The van der Waals surface area contributed by atoms with Crippen molar-refractivity contribution < 1.29 is 19.1 Å². The molecule has 5 nitrogen and oxygen atoms in total. The Morgan fingerprint density at radius 1 is 1.33 bits per heavy atom. The Balaban J connectivity index is 2.82. The molecule has 1 heterocycles. The van der Waals surface area contributed by atoms with Crippen molar-refractivity contribution in [2.75, 3.05) is 33.4 Å². The van der Waals surface area contributed by atoms with Crippen molar-refractivity contribution in [3.63, 3.8) is 0 Å². The van der Waals surface area contributed by atoms with Gasteiger partial charge in [0, 0.05) is 13.1 Å². The fourth-order valence-electron chi connectivity index (χ4n) is 1.64. The monoisotopic (exact) mass is 215 g/mol. The van der Waals surface area contributed by atoms with Crippen LogP contribution in [0.5, 0.6) is 0 Å². The zero-order valence-electron chi connectivity index (χ0n) is 9.41. The number of methoxy groups -OCH3 is 1. The topological polar surface area (TPSA) is 55.8 Å². The largest absolute Gasteiger partial charge is 0.468 e. The third-order valence-electron chi connectivity index (χ3n) is 2.73. The van der Waals surface area contributed by atoms with Crippen LogP contribution in [0.3, 0.4) is 0 Å². The summed E-state index contributed by atoms with van der Waals surface area (Å²) >= 11 is 0. The molecule has 15 heavy (non-hydrogen) atoms. The van der Waals surface area contributed by atoms with Crippen LogP contribution >= 0.6 is 0 Å². The van der Waals surface area contributed by atoms with E-state index in [1.54, 1.807) is 4.90 Å². The van der Waals surface area contributed by atoms with Gasteiger partial charge < -0.3 is 14.4 Å². The first-order valence-electron chi connectivity index (χ1n) is 5.08. The summed E-state index contributed by atoms with van der Waals surface area (Å²) in [4.78, 5) is 25.2. The molecule has 1 amide bonds. The number of rotatable bonds is 4. The molecular weight excluding hydrogens is 198 g/mol. The summed E-state index contributed by atoms with van der Waals surface area (Å²) in [6.07, 6.45) is 0. The van der Waals surface area contributed by atoms with E-state index in [0.717, 1.165) is 0 Å². The van der Waals surface area contributed by atoms with Crippen molar-refractivity contribution in [2.24, 2.45) is 5.41 Å². The minimum Gasteiger partial charge on any atom is -0.468 e. The van der Waals surface area contributed by atoms with Crippen LogP contribution in [0.25, 0.3) is 0 Å². The van der Waals surface area contributed by atoms with Gasteiger partial charge in [-0.1, -0.05) is 0 Å². The lowest BCUT2D eigenvalue weighted by Gasteiger charge is -2.39. The fourth-order valence-corrected chi connectivity index (χ4v) is 1.64. The maximum Gasteiger partial charge on any atom is 0.326 e. The van der Waals surface area contributed by atoms with Crippen molar-refractivity contribution in [1.82, 2.24) is 4.90 Å². The lowest BCUT2D eigenvalue weighted by Crippen LogP contribution is -2.60. The standard InChI is InChI=1S/C10H17NO4/c1-4-11(5-2)8(12)10(6-15-7-10)9(13)14-3/h4-7H2,1-3H3. The molecule has 5 heteroatoms. The molecule has 1 aliphatic heterocycles. The summed E-state index contributed by atoms with van der Waals surface area (Å²) in [5.41, 5.74) is -1.08. The third kappa shape index (κ3) is 1.84. The summed E-state index contributed by atoms with van der Waals surface area (Å²) in [6.45, 7) is 5.21. The average molecular weight is 215 g/mol. The van der Waals surface area contributed by atoms with Gasteiger partial charge >= 0.3 is 5.97 Å². The fraction of sp³-hybridized carbons (Fsp3) is 0.800. The van der Waals surface area contributed by atoms with Crippen LogP contribution in [0.4, 0.5) is 0 Å². The number of ether oxygens (including phenoxy) is 2. The molecule has 0 aromatic rings. The molecule has 0 aromatic heterocycles. The van der Waals surface area contributed by atoms with Crippen molar-refractivity contribution in [3.8, 4) is 0 Å². The molecule has 0 radical (unpaired) electrons. The molecule has 0 aliphatic carbocycles. The van der Waals surface area contributed by atoms with Crippen molar-refractivity contribution in [3.05, 3.63) is 0 Å². The minimum atomic E-state index is -1.08. The van der Waals surface area contributed by atoms with Gasteiger partial charge in [-0.25, -0.2) is 0 Å². The molecule has 1 rings (SSSR count). The van der Waals surface area contributed by atoms with E-state index < -0.39 is 11.4 Å². The predicted octanol–water partition coefficient (Wildman–Crippen LogP) is 0.0444. The molecule has 0 aromatic carbocycles. The molecule has 1 saturated heterocycles. The molecule has 86 valence electrons. The van der Waals surface area contributed by atoms with Crippen LogP contribution in [0.1, 0.15) is 13.8 Å². The number of nitrogens with zero attached hydrogens (tertiary/aromatic N) is 1. The maximum absolute atomic E-state index is 12.1. The Bertz CT molecular complexity index is 256. The first-order valence-corrected chi connectivity index (χ1v) is 5.08. The van der Waals surface area contributed by atoms with Crippen LogP contribution in [0.2, 0.25) is 0 Å². The third-order valence-corrected chi connectivity index (χ3v) is 2.73. The molecule has 0 bridgehead atoms. The predicted molar refractivity (Wildman–Crippen MR) is 53.2 cm³/mol. The zero-order valence-corrected chi connectivity index (χ0v) is 9.41. The molecule has 1 aliphatic rings. The van der Waals surface area contributed by atoms with Gasteiger partial charge in [0.05, 0.1) is 20.3 Å². The van der Waals surface area contributed by atoms with Crippen molar-refractivity contribution >= 4 is 11.9 Å². The molecule has 1 fully saturated rings. The highest BCUT2D eigenvalue weighted by Crippen LogP contribution is 2.31. The van der Waals surface area contributed by atoms with E-state index in [1.807, 2.05) is 13.8 Å². The first kappa shape index (κ1) is 12.0. The van der Waals surface area contributed by atoms with E-state index in [9.17, 15) is 9.59 Å². The van der Waals surface area contributed by atoms with Gasteiger partial charge in [0.1, 0.15) is 0 Å². The Hall–Kier alpha value is -1.10.